The number of amides is 1. The third kappa shape index (κ3) is 3.50. The van der Waals surface area contributed by atoms with Crippen LogP contribution in [0.15, 0.2) is 28.7 Å². The molecule has 0 saturated carbocycles. The Balaban J connectivity index is 2.27. The Bertz CT molecular complexity index is 733. The third-order valence-electron chi connectivity index (χ3n) is 3.42. The highest BCUT2D eigenvalue weighted by molar-refractivity contribution is 5.94. The Kier molecular flexibility index (Phi) is 4.68. The molecule has 0 bridgehead atoms. The van der Waals surface area contributed by atoms with E-state index < -0.39 is 23.7 Å². The van der Waals surface area contributed by atoms with Crippen LogP contribution < -0.4 is 10.1 Å². The molecule has 2 aromatic rings. The minimum absolute atomic E-state index is 0.000216. The number of hydrogen-bond donors (Lipinski definition) is 2. The molecular formula is C16H16FNO5. The normalized spacial score (nSPS) is 11.8. The molecule has 0 aliphatic rings. The molecule has 0 aliphatic carbocycles. The predicted octanol–water partition coefficient (Wildman–Crippen LogP) is 2.60. The van der Waals surface area contributed by atoms with Crippen molar-refractivity contribution in [2.24, 2.45) is 0 Å². The van der Waals surface area contributed by atoms with Crippen LogP contribution in [0, 0.1) is 19.7 Å². The van der Waals surface area contributed by atoms with E-state index in [4.69, 9.17) is 9.15 Å². The standard InChI is InChI=1S/C16H16FNO5/c1-8-6-13(23-9(8)2)15(19)18-14(16(20)21)10-4-5-12(22-3)11(17)7-10/h4-7,14H,1-3H3,(H,18,19)(H,20,21). The zero-order valence-electron chi connectivity index (χ0n) is 12.8. The molecule has 122 valence electrons. The zero-order valence-corrected chi connectivity index (χ0v) is 12.8. The van der Waals surface area contributed by atoms with Crippen LogP contribution in [0.1, 0.15) is 33.5 Å². The molecular weight excluding hydrogens is 305 g/mol. The minimum Gasteiger partial charge on any atom is -0.494 e. The number of furan rings is 1. The van der Waals surface area contributed by atoms with Crippen molar-refractivity contribution in [1.82, 2.24) is 5.32 Å². The van der Waals surface area contributed by atoms with Crippen molar-refractivity contribution in [2.45, 2.75) is 19.9 Å². The molecule has 1 aromatic carbocycles. The van der Waals surface area contributed by atoms with Crippen molar-refractivity contribution in [3.63, 3.8) is 0 Å². The first kappa shape index (κ1) is 16.5. The van der Waals surface area contributed by atoms with Crippen LogP contribution in [0.4, 0.5) is 4.39 Å². The highest BCUT2D eigenvalue weighted by Crippen LogP contribution is 2.23. The number of carboxylic acids is 1. The molecule has 2 N–H and O–H groups in total. The maximum atomic E-state index is 13.7. The van der Waals surface area contributed by atoms with Crippen LogP contribution >= 0.6 is 0 Å². The Labute approximate surface area is 131 Å². The van der Waals surface area contributed by atoms with Crippen molar-refractivity contribution in [3.05, 3.63) is 52.7 Å². The van der Waals surface area contributed by atoms with Gasteiger partial charge >= 0.3 is 5.97 Å². The molecule has 0 aliphatic heterocycles. The molecule has 0 radical (unpaired) electrons. The van der Waals surface area contributed by atoms with E-state index in [0.717, 1.165) is 11.6 Å². The molecule has 1 unspecified atom stereocenters. The van der Waals surface area contributed by atoms with Gasteiger partial charge in [0.2, 0.25) is 0 Å². The van der Waals surface area contributed by atoms with Crippen molar-refractivity contribution in [1.29, 1.82) is 0 Å². The predicted molar refractivity (Wildman–Crippen MR) is 79.0 cm³/mol. The molecule has 1 aromatic heterocycles. The molecule has 0 saturated heterocycles. The molecule has 0 spiro atoms. The number of nitrogens with one attached hydrogen (secondary N) is 1. The number of carbonyl (C=O) groups is 2. The fourth-order valence-corrected chi connectivity index (χ4v) is 2.04. The van der Waals surface area contributed by atoms with E-state index in [0.29, 0.717) is 5.76 Å². The lowest BCUT2D eigenvalue weighted by Gasteiger charge is -2.15. The van der Waals surface area contributed by atoms with Crippen molar-refractivity contribution in [3.8, 4) is 5.75 Å². The van der Waals surface area contributed by atoms with E-state index in [1.807, 2.05) is 0 Å². The number of rotatable bonds is 5. The first-order chi connectivity index (χ1) is 10.8. The van der Waals surface area contributed by atoms with E-state index in [2.05, 4.69) is 5.32 Å². The molecule has 1 heterocycles. The number of halogens is 1. The molecule has 1 amide bonds. The van der Waals surface area contributed by atoms with Gasteiger partial charge in [-0.25, -0.2) is 9.18 Å². The number of carboxylic acid groups (broad SMARTS) is 1. The van der Waals surface area contributed by atoms with Crippen molar-refractivity contribution in [2.75, 3.05) is 7.11 Å². The SMILES string of the molecule is COc1ccc(C(NC(=O)c2cc(C)c(C)o2)C(=O)O)cc1F. The van der Waals surface area contributed by atoms with E-state index in [1.54, 1.807) is 13.8 Å². The minimum atomic E-state index is -1.41. The summed E-state index contributed by atoms with van der Waals surface area (Å²) in [7, 11) is 1.30. The summed E-state index contributed by atoms with van der Waals surface area (Å²) < 4.78 is 23.8. The fraction of sp³-hybridized carbons (Fsp3) is 0.250. The third-order valence-corrected chi connectivity index (χ3v) is 3.42. The maximum Gasteiger partial charge on any atom is 0.330 e. The van der Waals surface area contributed by atoms with Gasteiger partial charge in [0, 0.05) is 0 Å². The summed E-state index contributed by atoms with van der Waals surface area (Å²) >= 11 is 0. The lowest BCUT2D eigenvalue weighted by molar-refractivity contribution is -0.139. The van der Waals surface area contributed by atoms with Crippen LogP contribution in [0.2, 0.25) is 0 Å². The summed E-state index contributed by atoms with van der Waals surface area (Å²) in [5.41, 5.74) is 0.863. The van der Waals surface area contributed by atoms with Gasteiger partial charge in [-0.1, -0.05) is 6.07 Å². The Hall–Kier alpha value is -2.83. The number of ether oxygens (including phenoxy) is 1. The van der Waals surface area contributed by atoms with E-state index in [1.165, 1.54) is 25.3 Å². The second-order valence-electron chi connectivity index (χ2n) is 4.99. The highest BCUT2D eigenvalue weighted by Gasteiger charge is 2.25. The van der Waals surface area contributed by atoms with Gasteiger partial charge in [-0.05, 0) is 43.2 Å². The van der Waals surface area contributed by atoms with E-state index >= 15 is 0 Å². The summed E-state index contributed by atoms with van der Waals surface area (Å²) in [5, 5.41) is 11.6. The zero-order chi connectivity index (χ0) is 17.1. The number of aliphatic carboxylic acids is 1. The topological polar surface area (TPSA) is 88.8 Å². The average molecular weight is 321 g/mol. The molecule has 0 fully saturated rings. The summed E-state index contributed by atoms with van der Waals surface area (Å²) in [4.78, 5) is 23.5. The van der Waals surface area contributed by atoms with Crippen LogP contribution in [0.25, 0.3) is 0 Å². The van der Waals surface area contributed by atoms with Crippen LogP contribution in [-0.4, -0.2) is 24.1 Å². The van der Waals surface area contributed by atoms with Gasteiger partial charge in [-0.3, -0.25) is 4.79 Å². The van der Waals surface area contributed by atoms with E-state index in [9.17, 15) is 19.1 Å². The van der Waals surface area contributed by atoms with Gasteiger partial charge in [-0.15, -0.1) is 0 Å². The Morgan fingerprint density at radius 3 is 2.48 bits per heavy atom. The summed E-state index contributed by atoms with van der Waals surface area (Å²) in [6.07, 6.45) is 0. The van der Waals surface area contributed by atoms with Crippen molar-refractivity contribution >= 4 is 11.9 Å². The highest BCUT2D eigenvalue weighted by atomic mass is 19.1. The van der Waals surface area contributed by atoms with Gasteiger partial charge in [0.15, 0.2) is 23.4 Å². The Morgan fingerprint density at radius 2 is 2.00 bits per heavy atom. The molecule has 2 rings (SSSR count). The fourth-order valence-electron chi connectivity index (χ4n) is 2.04. The molecule has 23 heavy (non-hydrogen) atoms. The average Bonchev–Trinajstić information content (AvgIpc) is 2.84. The van der Waals surface area contributed by atoms with Crippen LogP contribution in [-0.2, 0) is 4.79 Å². The first-order valence-electron chi connectivity index (χ1n) is 6.77. The van der Waals surface area contributed by atoms with Gasteiger partial charge in [0.1, 0.15) is 5.76 Å². The number of methoxy groups -OCH3 is 1. The molecule has 7 heteroatoms. The van der Waals surface area contributed by atoms with Gasteiger partial charge in [0.25, 0.3) is 5.91 Å². The quantitative estimate of drug-likeness (QED) is 0.883. The van der Waals surface area contributed by atoms with Crippen molar-refractivity contribution < 1.29 is 28.2 Å². The molecule has 6 nitrogen and oxygen atoms in total. The Morgan fingerprint density at radius 1 is 1.30 bits per heavy atom. The number of aryl methyl sites for hydroxylation is 2. The van der Waals surface area contributed by atoms with Gasteiger partial charge in [0.05, 0.1) is 7.11 Å². The van der Waals surface area contributed by atoms with Crippen LogP contribution in [0.3, 0.4) is 0 Å². The largest absolute Gasteiger partial charge is 0.494 e. The monoisotopic (exact) mass is 321 g/mol. The number of hydrogen-bond acceptors (Lipinski definition) is 4. The molecule has 1 atom stereocenters. The lowest BCUT2D eigenvalue weighted by Crippen LogP contribution is -2.33. The number of benzene rings is 1. The second-order valence-corrected chi connectivity index (χ2v) is 4.99. The lowest BCUT2D eigenvalue weighted by atomic mass is 10.1. The summed E-state index contributed by atoms with van der Waals surface area (Å²) in [6, 6.07) is 3.79. The van der Waals surface area contributed by atoms with Gasteiger partial charge in [-0.2, -0.15) is 0 Å². The van der Waals surface area contributed by atoms with Crippen LogP contribution in [0.5, 0.6) is 5.75 Å². The smallest absolute Gasteiger partial charge is 0.330 e. The number of carbonyl (C=O) groups excluding carboxylic acids is 1. The summed E-state index contributed by atoms with van der Waals surface area (Å²) in [6.45, 7) is 3.46. The van der Waals surface area contributed by atoms with E-state index in [-0.39, 0.29) is 17.1 Å². The maximum absolute atomic E-state index is 13.7. The van der Waals surface area contributed by atoms with Gasteiger partial charge < -0.3 is 19.6 Å². The second kappa shape index (κ2) is 6.51. The first-order valence-corrected chi connectivity index (χ1v) is 6.77. The summed E-state index contributed by atoms with van der Waals surface area (Å²) in [5.74, 6) is -2.16.